The lowest BCUT2D eigenvalue weighted by atomic mass is 9.95. The summed E-state index contributed by atoms with van der Waals surface area (Å²) >= 11 is 0. The molecule has 2 aromatic rings. The summed E-state index contributed by atoms with van der Waals surface area (Å²) < 4.78 is 21.0. The normalized spacial score (nSPS) is 15.3. The Kier molecular flexibility index (Phi) is 7.33. The Morgan fingerprint density at radius 3 is 2.38 bits per heavy atom. The highest BCUT2D eigenvalue weighted by Gasteiger charge is 2.34. The maximum atomic E-state index is 12.7. The van der Waals surface area contributed by atoms with E-state index in [2.05, 4.69) is 10.6 Å². The highest BCUT2D eigenvalue weighted by molar-refractivity contribution is 5.96. The number of esters is 2. The van der Waals surface area contributed by atoms with E-state index in [0.29, 0.717) is 17.1 Å². The van der Waals surface area contributed by atoms with Crippen LogP contribution >= 0.6 is 0 Å². The molecule has 2 aromatic carbocycles. The molecule has 1 aliphatic heterocycles. The van der Waals surface area contributed by atoms with Gasteiger partial charge in [-0.2, -0.15) is 0 Å². The van der Waals surface area contributed by atoms with Gasteiger partial charge in [-0.1, -0.05) is 30.3 Å². The number of urea groups is 1. The zero-order chi connectivity index (χ0) is 23.1. The number of hydrogen-bond donors (Lipinski definition) is 2. The Morgan fingerprint density at radius 1 is 0.969 bits per heavy atom. The quantitative estimate of drug-likeness (QED) is 0.607. The van der Waals surface area contributed by atoms with E-state index >= 15 is 0 Å². The Bertz CT molecular complexity index is 1030. The van der Waals surface area contributed by atoms with Crippen LogP contribution in [0.25, 0.3) is 0 Å². The van der Waals surface area contributed by atoms with Crippen molar-refractivity contribution in [3.05, 3.63) is 70.9 Å². The minimum Gasteiger partial charge on any atom is -0.497 e. The molecule has 0 aromatic heterocycles. The first-order valence-corrected chi connectivity index (χ1v) is 9.90. The molecule has 0 unspecified atom stereocenters. The predicted molar refractivity (Wildman–Crippen MR) is 114 cm³/mol. The molecule has 168 valence electrons. The van der Waals surface area contributed by atoms with Gasteiger partial charge in [-0.25, -0.2) is 14.4 Å². The summed E-state index contributed by atoms with van der Waals surface area (Å²) in [7, 11) is 2.90. The second kappa shape index (κ2) is 10.3. The second-order valence-corrected chi connectivity index (χ2v) is 6.70. The molecule has 0 fully saturated rings. The molecule has 1 atom stereocenters. The summed E-state index contributed by atoms with van der Waals surface area (Å²) in [5.41, 5.74) is 1.12. The van der Waals surface area contributed by atoms with Gasteiger partial charge in [0.25, 0.3) is 0 Å². The van der Waals surface area contributed by atoms with Crippen LogP contribution in [0.5, 0.6) is 11.5 Å². The fourth-order valence-electron chi connectivity index (χ4n) is 3.27. The van der Waals surface area contributed by atoms with E-state index in [-0.39, 0.29) is 30.0 Å². The van der Waals surface area contributed by atoms with Gasteiger partial charge < -0.3 is 29.6 Å². The summed E-state index contributed by atoms with van der Waals surface area (Å²) in [6, 6.07) is 12.4. The smallest absolute Gasteiger partial charge is 0.342 e. The van der Waals surface area contributed by atoms with Crippen molar-refractivity contribution in [2.75, 3.05) is 27.4 Å². The summed E-state index contributed by atoms with van der Waals surface area (Å²) in [5, 5.41) is 5.28. The van der Waals surface area contributed by atoms with E-state index in [4.69, 9.17) is 18.9 Å². The maximum absolute atomic E-state index is 12.7. The van der Waals surface area contributed by atoms with Gasteiger partial charge in [0, 0.05) is 0 Å². The molecule has 9 nitrogen and oxygen atoms in total. The van der Waals surface area contributed by atoms with Crippen LogP contribution in [0.1, 0.15) is 28.9 Å². The van der Waals surface area contributed by atoms with E-state index in [0.717, 1.165) is 0 Å². The third-order valence-electron chi connectivity index (χ3n) is 4.76. The maximum Gasteiger partial charge on any atom is 0.342 e. The minimum atomic E-state index is -0.760. The number of methoxy groups -OCH3 is 2. The summed E-state index contributed by atoms with van der Waals surface area (Å²) in [5.74, 6) is -0.588. The van der Waals surface area contributed by atoms with Gasteiger partial charge >= 0.3 is 18.0 Å². The van der Waals surface area contributed by atoms with Crippen LogP contribution in [0.2, 0.25) is 0 Å². The van der Waals surface area contributed by atoms with Crippen LogP contribution in [0.3, 0.4) is 0 Å². The first-order valence-electron chi connectivity index (χ1n) is 9.90. The highest BCUT2D eigenvalue weighted by Crippen LogP contribution is 2.29. The molecular formula is C23H24N2O7. The Labute approximate surface area is 185 Å². The van der Waals surface area contributed by atoms with Crippen LogP contribution in [-0.4, -0.2) is 45.4 Å². The molecule has 1 aliphatic rings. The zero-order valence-electron chi connectivity index (χ0n) is 18.0. The van der Waals surface area contributed by atoms with E-state index in [9.17, 15) is 14.4 Å². The van der Waals surface area contributed by atoms with Crippen LogP contribution in [0.15, 0.2) is 59.8 Å². The van der Waals surface area contributed by atoms with Crippen LogP contribution in [-0.2, 0) is 14.3 Å². The lowest BCUT2D eigenvalue weighted by molar-refractivity contribution is -0.139. The number of carbonyl (C=O) groups is 3. The van der Waals surface area contributed by atoms with Crippen molar-refractivity contribution in [3.63, 3.8) is 0 Å². The molecule has 1 heterocycles. The van der Waals surface area contributed by atoms with Crippen molar-refractivity contribution in [1.29, 1.82) is 0 Å². The second-order valence-electron chi connectivity index (χ2n) is 6.70. The third-order valence-corrected chi connectivity index (χ3v) is 4.76. The summed E-state index contributed by atoms with van der Waals surface area (Å²) in [6.07, 6.45) is 0. The molecule has 0 saturated carbocycles. The van der Waals surface area contributed by atoms with Gasteiger partial charge in [-0.05, 0) is 30.7 Å². The molecule has 0 saturated heterocycles. The lowest BCUT2D eigenvalue weighted by Gasteiger charge is -2.29. The van der Waals surface area contributed by atoms with Crippen LogP contribution in [0.4, 0.5) is 4.79 Å². The predicted octanol–water partition coefficient (Wildman–Crippen LogP) is 2.73. The van der Waals surface area contributed by atoms with Gasteiger partial charge in [-0.3, -0.25) is 0 Å². The minimum absolute atomic E-state index is 0.135. The molecule has 0 radical (unpaired) electrons. The topological polar surface area (TPSA) is 112 Å². The number of hydrogen-bond acceptors (Lipinski definition) is 7. The number of rotatable bonds is 8. The summed E-state index contributed by atoms with van der Waals surface area (Å²) in [4.78, 5) is 37.8. The van der Waals surface area contributed by atoms with Gasteiger partial charge in [0.15, 0.2) is 0 Å². The fraction of sp³-hybridized carbons (Fsp3) is 0.261. The number of nitrogens with one attached hydrogen (secondary N) is 2. The Morgan fingerprint density at radius 2 is 1.72 bits per heavy atom. The number of benzene rings is 2. The van der Waals surface area contributed by atoms with Gasteiger partial charge in [-0.15, -0.1) is 0 Å². The van der Waals surface area contributed by atoms with Crippen molar-refractivity contribution >= 4 is 18.0 Å². The van der Waals surface area contributed by atoms with E-state index < -0.39 is 24.0 Å². The van der Waals surface area contributed by atoms with Crippen molar-refractivity contribution in [2.45, 2.75) is 13.0 Å². The van der Waals surface area contributed by atoms with Gasteiger partial charge in [0.05, 0.1) is 38.1 Å². The number of ether oxygens (including phenoxy) is 4. The standard InChI is InChI=1S/C23H24N2O7/c1-4-31-22(27)19-17(24-23(28)25-20(19)14-8-6-5-7-9-14)13-32-21(26)16-12-15(29-2)10-11-18(16)30-3/h5-12,20H,4,13H2,1-3H3,(H2,24,25,28)/t20-/m1/s1. The van der Waals surface area contributed by atoms with Crippen molar-refractivity contribution in [2.24, 2.45) is 0 Å². The number of carbonyl (C=O) groups excluding carboxylic acids is 3. The average molecular weight is 440 g/mol. The summed E-state index contributed by atoms with van der Waals surface area (Å²) in [6.45, 7) is 1.47. The first kappa shape index (κ1) is 22.7. The average Bonchev–Trinajstić information content (AvgIpc) is 2.82. The third kappa shape index (κ3) is 5.00. The molecule has 0 spiro atoms. The zero-order valence-corrected chi connectivity index (χ0v) is 18.0. The van der Waals surface area contributed by atoms with Crippen molar-refractivity contribution in [3.8, 4) is 11.5 Å². The van der Waals surface area contributed by atoms with E-state index in [1.165, 1.54) is 20.3 Å². The Hall–Kier alpha value is -4.01. The molecule has 3 rings (SSSR count). The molecule has 0 bridgehead atoms. The van der Waals surface area contributed by atoms with Gasteiger partial charge in [0.1, 0.15) is 23.7 Å². The monoisotopic (exact) mass is 440 g/mol. The molecule has 9 heteroatoms. The van der Waals surface area contributed by atoms with E-state index in [1.807, 2.05) is 6.07 Å². The molecule has 2 amide bonds. The molecular weight excluding hydrogens is 416 g/mol. The van der Waals surface area contributed by atoms with Gasteiger partial charge in [0.2, 0.25) is 0 Å². The SMILES string of the molecule is CCOC(=O)C1=C(COC(=O)c2cc(OC)ccc2OC)NC(=O)N[C@@H]1c1ccccc1. The largest absolute Gasteiger partial charge is 0.497 e. The van der Waals surface area contributed by atoms with Crippen molar-refractivity contribution in [1.82, 2.24) is 10.6 Å². The molecule has 2 N–H and O–H groups in total. The molecule has 0 aliphatic carbocycles. The highest BCUT2D eigenvalue weighted by atomic mass is 16.5. The van der Waals surface area contributed by atoms with Crippen molar-refractivity contribution < 1.29 is 33.3 Å². The van der Waals surface area contributed by atoms with E-state index in [1.54, 1.807) is 43.3 Å². The number of amides is 2. The Balaban J connectivity index is 1.93. The lowest BCUT2D eigenvalue weighted by Crippen LogP contribution is -2.47. The fourth-order valence-corrected chi connectivity index (χ4v) is 3.27. The first-order chi connectivity index (χ1) is 15.5. The van der Waals surface area contributed by atoms with Crippen LogP contribution < -0.4 is 20.1 Å². The van der Waals surface area contributed by atoms with Crippen LogP contribution in [0, 0.1) is 0 Å². The molecule has 32 heavy (non-hydrogen) atoms.